The van der Waals surface area contributed by atoms with Gasteiger partial charge in [0.2, 0.25) is 30.4 Å². The SMILES string of the molecule is O=C1CC(c2ccc(OCOc3ccc(C4CC(=O)NC4=O)cc3)cc2)C(=O)N1. The molecule has 0 aromatic heterocycles. The van der Waals surface area contributed by atoms with Gasteiger partial charge in [0.25, 0.3) is 0 Å². The molecule has 2 aromatic rings. The Morgan fingerprint density at radius 2 is 1.03 bits per heavy atom. The van der Waals surface area contributed by atoms with E-state index in [4.69, 9.17) is 9.47 Å². The van der Waals surface area contributed by atoms with Gasteiger partial charge in [0.05, 0.1) is 11.8 Å². The Morgan fingerprint density at radius 1 is 0.655 bits per heavy atom. The summed E-state index contributed by atoms with van der Waals surface area (Å²) >= 11 is 0. The van der Waals surface area contributed by atoms with Gasteiger partial charge < -0.3 is 9.47 Å². The van der Waals surface area contributed by atoms with E-state index >= 15 is 0 Å². The van der Waals surface area contributed by atoms with Crippen molar-refractivity contribution in [2.45, 2.75) is 24.7 Å². The number of hydrogen-bond donors (Lipinski definition) is 2. The Kier molecular flexibility index (Phi) is 4.99. The maximum absolute atomic E-state index is 11.7. The number of ether oxygens (including phenoxy) is 2. The lowest BCUT2D eigenvalue weighted by molar-refractivity contribution is -0.126. The van der Waals surface area contributed by atoms with Gasteiger partial charge in [0.15, 0.2) is 0 Å². The van der Waals surface area contributed by atoms with Crippen molar-refractivity contribution in [3.05, 3.63) is 59.7 Å². The first-order valence-electron chi connectivity index (χ1n) is 9.12. The smallest absolute Gasteiger partial charge is 0.234 e. The van der Waals surface area contributed by atoms with Crippen molar-refractivity contribution in [3.63, 3.8) is 0 Å². The average molecular weight is 394 g/mol. The van der Waals surface area contributed by atoms with E-state index in [1.165, 1.54) is 0 Å². The van der Waals surface area contributed by atoms with Crippen molar-refractivity contribution in [2.24, 2.45) is 0 Å². The molecule has 0 spiro atoms. The standard InChI is InChI=1S/C21H18N2O6/c24-18-9-16(20(26)22-18)12-1-5-14(6-2-12)28-11-29-15-7-3-13(4-8-15)17-10-19(25)23-21(17)27/h1-8,16-17H,9-11H2,(H,22,24,26)(H,23,25,27). The summed E-state index contributed by atoms with van der Waals surface area (Å²) in [6.45, 7) is -0.0243. The molecule has 4 rings (SSSR count). The minimum Gasteiger partial charge on any atom is -0.458 e. The maximum Gasteiger partial charge on any atom is 0.234 e. The zero-order valence-corrected chi connectivity index (χ0v) is 15.3. The molecule has 2 aromatic carbocycles. The summed E-state index contributed by atoms with van der Waals surface area (Å²) in [6.07, 6.45) is 0.323. The fourth-order valence-electron chi connectivity index (χ4n) is 3.40. The van der Waals surface area contributed by atoms with Crippen LogP contribution in [0.25, 0.3) is 0 Å². The molecule has 8 heteroatoms. The van der Waals surface area contributed by atoms with Gasteiger partial charge in [-0.3, -0.25) is 29.8 Å². The number of carbonyl (C=O) groups excluding carboxylic acids is 4. The number of imide groups is 2. The van der Waals surface area contributed by atoms with Crippen LogP contribution < -0.4 is 20.1 Å². The Labute approximate surface area is 166 Å². The lowest BCUT2D eigenvalue weighted by Gasteiger charge is -2.11. The van der Waals surface area contributed by atoms with Crippen LogP contribution in [0.4, 0.5) is 0 Å². The fourth-order valence-corrected chi connectivity index (χ4v) is 3.40. The predicted molar refractivity (Wildman–Crippen MR) is 100 cm³/mol. The number of carbonyl (C=O) groups is 4. The molecule has 2 unspecified atom stereocenters. The van der Waals surface area contributed by atoms with Crippen LogP contribution in [0.3, 0.4) is 0 Å². The third-order valence-electron chi connectivity index (χ3n) is 4.95. The number of amides is 4. The van der Waals surface area contributed by atoms with Crippen LogP contribution in [-0.2, 0) is 19.2 Å². The van der Waals surface area contributed by atoms with Gasteiger partial charge in [-0.25, -0.2) is 0 Å². The van der Waals surface area contributed by atoms with Gasteiger partial charge in [0.1, 0.15) is 11.5 Å². The van der Waals surface area contributed by atoms with Gasteiger partial charge in [-0.15, -0.1) is 0 Å². The van der Waals surface area contributed by atoms with Gasteiger partial charge in [0, 0.05) is 12.8 Å². The first kappa shape index (κ1) is 18.7. The maximum atomic E-state index is 11.7. The highest BCUT2D eigenvalue weighted by Gasteiger charge is 2.32. The molecule has 0 aliphatic carbocycles. The minimum atomic E-state index is -0.455. The highest BCUT2D eigenvalue weighted by molar-refractivity contribution is 6.06. The van der Waals surface area contributed by atoms with Crippen molar-refractivity contribution >= 4 is 23.6 Å². The lowest BCUT2D eigenvalue weighted by atomic mass is 9.98. The van der Waals surface area contributed by atoms with Crippen molar-refractivity contribution in [3.8, 4) is 11.5 Å². The molecule has 0 saturated carbocycles. The van der Waals surface area contributed by atoms with Crippen molar-refractivity contribution in [1.29, 1.82) is 0 Å². The van der Waals surface area contributed by atoms with E-state index in [1.807, 2.05) is 0 Å². The normalized spacial score (nSPS) is 21.1. The van der Waals surface area contributed by atoms with Crippen LogP contribution in [0, 0.1) is 0 Å². The topological polar surface area (TPSA) is 111 Å². The first-order valence-corrected chi connectivity index (χ1v) is 9.12. The lowest BCUT2D eigenvalue weighted by Crippen LogP contribution is -2.21. The molecule has 0 bridgehead atoms. The Bertz CT molecular complexity index is 888. The Hall–Kier alpha value is -3.68. The monoisotopic (exact) mass is 394 g/mol. The van der Waals surface area contributed by atoms with E-state index in [0.717, 1.165) is 11.1 Å². The molecular weight excluding hydrogens is 376 g/mol. The van der Waals surface area contributed by atoms with E-state index in [1.54, 1.807) is 48.5 Å². The Morgan fingerprint density at radius 3 is 1.34 bits per heavy atom. The van der Waals surface area contributed by atoms with Gasteiger partial charge in [-0.1, -0.05) is 24.3 Å². The van der Waals surface area contributed by atoms with Crippen LogP contribution in [0.1, 0.15) is 35.8 Å². The van der Waals surface area contributed by atoms with Crippen LogP contribution in [0.5, 0.6) is 11.5 Å². The molecule has 2 N–H and O–H groups in total. The van der Waals surface area contributed by atoms with E-state index < -0.39 is 11.8 Å². The van der Waals surface area contributed by atoms with Crippen molar-refractivity contribution in [1.82, 2.24) is 10.6 Å². The molecule has 8 nitrogen and oxygen atoms in total. The van der Waals surface area contributed by atoms with Crippen LogP contribution in [-0.4, -0.2) is 30.4 Å². The molecule has 148 valence electrons. The first-order chi connectivity index (χ1) is 14.0. The Balaban J connectivity index is 1.29. The molecule has 29 heavy (non-hydrogen) atoms. The quantitative estimate of drug-likeness (QED) is 0.565. The van der Waals surface area contributed by atoms with Crippen LogP contribution >= 0.6 is 0 Å². The second-order valence-corrected chi connectivity index (χ2v) is 6.88. The number of hydrogen-bond acceptors (Lipinski definition) is 6. The summed E-state index contributed by atoms with van der Waals surface area (Å²) in [4.78, 5) is 46.0. The molecule has 4 amide bonds. The summed E-state index contributed by atoms with van der Waals surface area (Å²) in [7, 11) is 0. The summed E-state index contributed by atoms with van der Waals surface area (Å²) in [6, 6.07) is 13.9. The fraction of sp³-hybridized carbons (Fsp3) is 0.238. The molecule has 2 heterocycles. The van der Waals surface area contributed by atoms with Crippen LogP contribution in [0.15, 0.2) is 48.5 Å². The van der Waals surface area contributed by atoms with Crippen LogP contribution in [0.2, 0.25) is 0 Å². The number of benzene rings is 2. The third-order valence-corrected chi connectivity index (χ3v) is 4.95. The van der Waals surface area contributed by atoms with E-state index in [-0.39, 0.29) is 43.3 Å². The number of nitrogens with one attached hydrogen (secondary N) is 2. The summed E-state index contributed by atoms with van der Waals surface area (Å²) in [5.74, 6) is -0.871. The van der Waals surface area contributed by atoms with Gasteiger partial charge in [-0.05, 0) is 35.4 Å². The zero-order chi connectivity index (χ0) is 20.4. The summed E-state index contributed by atoms with van der Waals surface area (Å²) in [5.41, 5.74) is 1.51. The molecule has 2 saturated heterocycles. The zero-order valence-electron chi connectivity index (χ0n) is 15.3. The highest BCUT2D eigenvalue weighted by Crippen LogP contribution is 2.27. The highest BCUT2D eigenvalue weighted by atomic mass is 16.7. The second-order valence-electron chi connectivity index (χ2n) is 6.88. The van der Waals surface area contributed by atoms with E-state index in [2.05, 4.69) is 10.6 Å². The second kappa shape index (κ2) is 7.75. The minimum absolute atomic E-state index is 0.0243. The van der Waals surface area contributed by atoms with Crippen molar-refractivity contribution < 1.29 is 28.7 Å². The largest absolute Gasteiger partial charge is 0.458 e. The molecule has 2 fully saturated rings. The van der Waals surface area contributed by atoms with Crippen molar-refractivity contribution in [2.75, 3.05) is 6.79 Å². The average Bonchev–Trinajstić information content (AvgIpc) is 3.23. The van der Waals surface area contributed by atoms with E-state index in [9.17, 15) is 19.2 Å². The molecule has 2 aliphatic rings. The summed E-state index contributed by atoms with van der Waals surface area (Å²) < 4.78 is 11.1. The number of rotatable bonds is 6. The molecule has 2 aliphatic heterocycles. The van der Waals surface area contributed by atoms with Gasteiger partial charge >= 0.3 is 0 Å². The molecule has 2 atom stereocenters. The van der Waals surface area contributed by atoms with E-state index in [0.29, 0.717) is 11.5 Å². The van der Waals surface area contributed by atoms with Gasteiger partial charge in [-0.2, -0.15) is 0 Å². The predicted octanol–water partition coefficient (Wildman–Crippen LogP) is 1.36. The molecule has 0 radical (unpaired) electrons. The summed E-state index contributed by atoms with van der Waals surface area (Å²) in [5, 5.41) is 4.58. The molecular formula is C21H18N2O6. The third kappa shape index (κ3) is 4.11.